The Bertz CT molecular complexity index is 1730. The van der Waals surface area contributed by atoms with Gasteiger partial charge in [0.15, 0.2) is 0 Å². The van der Waals surface area contributed by atoms with E-state index < -0.39 is 22.5 Å². The van der Waals surface area contributed by atoms with Gasteiger partial charge in [0.2, 0.25) is 0 Å². The van der Waals surface area contributed by atoms with Crippen molar-refractivity contribution in [2.75, 3.05) is 55.4 Å². The minimum absolute atomic E-state index is 0.218. The van der Waals surface area contributed by atoms with Gasteiger partial charge < -0.3 is 24.8 Å². The van der Waals surface area contributed by atoms with Gasteiger partial charge >= 0.3 is 6.09 Å². The van der Waals surface area contributed by atoms with Gasteiger partial charge in [-0.15, -0.1) is 0 Å². The van der Waals surface area contributed by atoms with Gasteiger partial charge in [-0.2, -0.15) is 0 Å². The van der Waals surface area contributed by atoms with E-state index in [1.54, 1.807) is 55.8 Å². The number of ether oxygens (including phenoxy) is 3. The molecule has 0 unspecified atom stereocenters. The van der Waals surface area contributed by atoms with Crippen molar-refractivity contribution in [3.05, 3.63) is 78.5 Å². The van der Waals surface area contributed by atoms with Crippen LogP contribution in [0.2, 0.25) is 0 Å². The van der Waals surface area contributed by atoms with Gasteiger partial charge in [-0.25, -0.2) is 9.78 Å². The first-order valence-corrected chi connectivity index (χ1v) is 16.5. The molecule has 0 radical (unpaired) electrons. The molecule has 0 atom stereocenters. The summed E-state index contributed by atoms with van der Waals surface area (Å²) >= 11 is 0. The normalized spacial score (nSPS) is 14.0. The number of methoxy groups -OCH3 is 1. The summed E-state index contributed by atoms with van der Waals surface area (Å²) in [5, 5.41) is 10.7. The third kappa shape index (κ3) is 8.95. The average Bonchev–Trinajstić information content (AvgIpc) is 3.02. The Kier molecular flexibility index (Phi) is 10.4. The van der Waals surface area contributed by atoms with E-state index in [4.69, 9.17) is 14.2 Å². The number of rotatable bonds is 10. The lowest BCUT2D eigenvalue weighted by molar-refractivity contribution is 0.0636. The van der Waals surface area contributed by atoms with Crippen molar-refractivity contribution in [2.45, 2.75) is 26.4 Å². The zero-order valence-corrected chi connectivity index (χ0v) is 27.2. The molecular weight excluding hydrogens is 606 g/mol. The molecule has 0 spiro atoms. The van der Waals surface area contributed by atoms with E-state index >= 15 is 0 Å². The molecule has 242 valence electrons. The number of carbonyl (C=O) groups excluding carboxylic acids is 2. The van der Waals surface area contributed by atoms with E-state index in [0.29, 0.717) is 64.6 Å². The molecule has 46 heavy (non-hydrogen) atoms. The summed E-state index contributed by atoms with van der Waals surface area (Å²) in [6, 6.07) is 19.9. The molecule has 11 nitrogen and oxygen atoms in total. The summed E-state index contributed by atoms with van der Waals surface area (Å²) in [5.74, 6) is 3.30. The molecule has 4 aromatic rings. The molecule has 2 amide bonds. The number of anilines is 3. The van der Waals surface area contributed by atoms with Crippen LogP contribution in [0.15, 0.2) is 72.9 Å². The van der Waals surface area contributed by atoms with Crippen LogP contribution in [0.4, 0.5) is 22.0 Å². The van der Waals surface area contributed by atoms with Gasteiger partial charge in [0.25, 0.3) is 5.91 Å². The molecule has 2 heterocycles. The van der Waals surface area contributed by atoms with Crippen molar-refractivity contribution in [3.63, 3.8) is 0 Å². The highest BCUT2D eigenvalue weighted by Gasteiger charge is 2.18. The summed E-state index contributed by atoms with van der Waals surface area (Å²) in [6.45, 7) is 8.18. The predicted molar refractivity (Wildman–Crippen MR) is 181 cm³/mol. The fourth-order valence-electron chi connectivity index (χ4n) is 4.95. The number of hydrogen-bond acceptors (Lipinski definition) is 9. The SMILES string of the molecule is COc1cc(Nc2cc(Oc3ccc(NC(=O)OC(C)(C)C)c4ccccc34)ccn2)cc(C(=O)NCCN2CCS(=O)CC2)c1. The van der Waals surface area contributed by atoms with Gasteiger partial charge in [-0.3, -0.25) is 19.2 Å². The number of pyridine rings is 1. The van der Waals surface area contributed by atoms with Gasteiger partial charge in [-0.05, 0) is 51.1 Å². The van der Waals surface area contributed by atoms with Gasteiger partial charge in [0.1, 0.15) is 28.7 Å². The molecule has 3 N–H and O–H groups in total. The Balaban J connectivity index is 1.27. The molecule has 0 saturated carbocycles. The largest absolute Gasteiger partial charge is 0.497 e. The van der Waals surface area contributed by atoms with Crippen LogP contribution in [0, 0.1) is 0 Å². The molecule has 1 fully saturated rings. The van der Waals surface area contributed by atoms with Crippen LogP contribution in [0.3, 0.4) is 0 Å². The second-order valence-corrected chi connectivity index (χ2v) is 13.5. The number of benzene rings is 3. The number of fused-ring (bicyclic) bond motifs is 1. The lowest BCUT2D eigenvalue weighted by Crippen LogP contribution is -2.42. The molecule has 0 aliphatic carbocycles. The average molecular weight is 646 g/mol. The van der Waals surface area contributed by atoms with Crippen molar-refractivity contribution in [2.24, 2.45) is 0 Å². The quantitative estimate of drug-likeness (QED) is 0.192. The monoisotopic (exact) mass is 645 g/mol. The molecule has 1 aromatic heterocycles. The predicted octanol–water partition coefficient (Wildman–Crippen LogP) is 5.92. The second-order valence-electron chi connectivity index (χ2n) is 11.8. The Morgan fingerprint density at radius 1 is 0.957 bits per heavy atom. The topological polar surface area (TPSA) is 131 Å². The third-order valence-corrected chi connectivity index (χ3v) is 8.42. The van der Waals surface area contributed by atoms with E-state index in [2.05, 4.69) is 25.8 Å². The number of nitrogens with one attached hydrogen (secondary N) is 3. The van der Waals surface area contributed by atoms with Crippen molar-refractivity contribution in [1.29, 1.82) is 0 Å². The van der Waals surface area contributed by atoms with E-state index in [9.17, 15) is 13.8 Å². The Labute approximate surface area is 271 Å². The van der Waals surface area contributed by atoms with E-state index in [0.717, 1.165) is 23.9 Å². The van der Waals surface area contributed by atoms with Crippen LogP contribution >= 0.6 is 0 Å². The van der Waals surface area contributed by atoms with Gasteiger partial charge in [0.05, 0.1) is 12.8 Å². The highest BCUT2D eigenvalue weighted by Crippen LogP contribution is 2.35. The molecule has 3 aromatic carbocycles. The maximum Gasteiger partial charge on any atom is 0.412 e. The van der Waals surface area contributed by atoms with E-state index in [-0.39, 0.29) is 5.91 Å². The summed E-state index contributed by atoms with van der Waals surface area (Å²) in [4.78, 5) is 32.1. The lowest BCUT2D eigenvalue weighted by atomic mass is 10.1. The molecule has 0 bridgehead atoms. The first kappa shape index (κ1) is 32.7. The summed E-state index contributed by atoms with van der Waals surface area (Å²) in [7, 11) is 0.817. The molecule has 1 saturated heterocycles. The molecule has 5 rings (SSSR count). The fourth-order valence-corrected chi connectivity index (χ4v) is 6.08. The van der Waals surface area contributed by atoms with Crippen molar-refractivity contribution in [3.8, 4) is 17.2 Å². The lowest BCUT2D eigenvalue weighted by Gasteiger charge is -2.25. The summed E-state index contributed by atoms with van der Waals surface area (Å²) < 4.78 is 28.8. The van der Waals surface area contributed by atoms with Crippen LogP contribution in [0.5, 0.6) is 17.2 Å². The van der Waals surface area contributed by atoms with Gasteiger partial charge in [-0.1, -0.05) is 24.3 Å². The molecule has 12 heteroatoms. The summed E-state index contributed by atoms with van der Waals surface area (Å²) in [6.07, 6.45) is 1.09. The first-order chi connectivity index (χ1) is 22.1. The fraction of sp³-hybridized carbons (Fsp3) is 0.324. The highest BCUT2D eigenvalue weighted by molar-refractivity contribution is 7.85. The standard InChI is InChI=1S/C34H39N5O6S/c1-34(2,3)45-33(41)38-29-9-10-30(28-8-6-5-7-27(28)29)44-25-11-12-35-31(22-25)37-24-19-23(20-26(21-24)43-4)32(40)36-13-14-39-15-17-46(42)18-16-39/h5-12,19-22H,13-18H2,1-4H3,(H,35,37)(H,36,40)(H,38,41). The van der Waals surface area contributed by atoms with Crippen LogP contribution in [0.1, 0.15) is 31.1 Å². The highest BCUT2D eigenvalue weighted by atomic mass is 32.2. The van der Waals surface area contributed by atoms with Crippen LogP contribution in [0.25, 0.3) is 10.8 Å². The van der Waals surface area contributed by atoms with Crippen molar-refractivity contribution >= 4 is 50.8 Å². The number of nitrogens with zero attached hydrogens (tertiary/aromatic N) is 2. The Morgan fingerprint density at radius 3 is 2.46 bits per heavy atom. The minimum Gasteiger partial charge on any atom is -0.497 e. The van der Waals surface area contributed by atoms with Crippen LogP contribution in [-0.4, -0.2) is 76.5 Å². The minimum atomic E-state index is -0.731. The van der Waals surface area contributed by atoms with E-state index in [1.165, 1.54) is 0 Å². The van der Waals surface area contributed by atoms with Crippen molar-refractivity contribution in [1.82, 2.24) is 15.2 Å². The summed E-state index contributed by atoms with van der Waals surface area (Å²) in [5.41, 5.74) is 1.06. The van der Waals surface area contributed by atoms with Gasteiger partial charge in [0, 0.05) is 88.8 Å². The smallest absolute Gasteiger partial charge is 0.412 e. The van der Waals surface area contributed by atoms with Crippen molar-refractivity contribution < 1.29 is 28.0 Å². The maximum absolute atomic E-state index is 13.0. The second kappa shape index (κ2) is 14.6. The maximum atomic E-state index is 13.0. The third-order valence-electron chi connectivity index (χ3n) is 7.14. The number of carbonyl (C=O) groups is 2. The van der Waals surface area contributed by atoms with E-state index in [1.807, 2.05) is 45.0 Å². The molecular formula is C34H39N5O6S. The Hall–Kier alpha value is -4.68. The molecule has 1 aliphatic heterocycles. The van der Waals surface area contributed by atoms with Crippen LogP contribution < -0.4 is 25.4 Å². The number of hydrogen-bond donors (Lipinski definition) is 3. The number of aromatic nitrogens is 1. The van der Waals surface area contributed by atoms with Crippen LogP contribution in [-0.2, 0) is 15.5 Å². The number of amides is 2. The zero-order valence-electron chi connectivity index (χ0n) is 26.4. The molecule has 1 aliphatic rings. The Morgan fingerprint density at radius 2 is 1.72 bits per heavy atom. The first-order valence-electron chi connectivity index (χ1n) is 15.0. The zero-order chi connectivity index (χ0) is 32.7.